The maximum Gasteiger partial charge on any atom is 2.00 e. The second-order valence-electron chi connectivity index (χ2n) is 1.92. The van der Waals surface area contributed by atoms with Crippen LogP contribution in [0, 0.1) is 6.07 Å². The molecule has 0 fully saturated rings. The molecular weight excluding hydrogens is 311 g/mol. The van der Waals surface area contributed by atoms with Crippen molar-refractivity contribution in [3.05, 3.63) is 34.9 Å². The summed E-state index contributed by atoms with van der Waals surface area (Å²) in [5.74, 6) is 0. The first-order valence-electron chi connectivity index (χ1n) is 2.74. The van der Waals surface area contributed by atoms with Crippen LogP contribution in [0.25, 0.3) is 0 Å². The second kappa shape index (κ2) is 5.91. The molecule has 0 aliphatic carbocycles. The van der Waals surface area contributed by atoms with E-state index in [9.17, 15) is 13.2 Å². The zero-order valence-corrected chi connectivity index (χ0v) is 9.52. The molecule has 13 heavy (non-hydrogen) atoms. The first-order valence-corrected chi connectivity index (χ1v) is 3.12. The molecule has 73 valence electrons. The minimum atomic E-state index is -4.30. The molecule has 0 atom stereocenters. The summed E-state index contributed by atoms with van der Waals surface area (Å²) < 4.78 is 35.6. The smallest absolute Gasteiger partial charge is 1.00 e. The molecule has 1 aromatic rings. The van der Waals surface area contributed by atoms with Crippen LogP contribution in [0.5, 0.6) is 0 Å². The van der Waals surface area contributed by atoms with E-state index < -0.39 is 11.7 Å². The molecule has 0 heterocycles. The molecule has 0 saturated heterocycles. The summed E-state index contributed by atoms with van der Waals surface area (Å²) in [5, 5.41) is 0.179. The predicted octanol–water partition coefficient (Wildman–Crippen LogP) is 0.160. The average Bonchev–Trinajstić information content (AvgIpc) is 1.86. The number of halogens is 5. The average molecular weight is 314 g/mol. The monoisotopic (exact) mass is 313 g/mol. The third-order valence-corrected chi connectivity index (χ3v) is 1.34. The van der Waals surface area contributed by atoms with Gasteiger partial charge in [0.15, 0.2) is 0 Å². The van der Waals surface area contributed by atoms with E-state index in [0.29, 0.717) is 0 Å². The van der Waals surface area contributed by atoms with Crippen LogP contribution in [-0.4, -0.2) is 0 Å². The van der Waals surface area contributed by atoms with Gasteiger partial charge in [-0.25, -0.2) is 0 Å². The van der Waals surface area contributed by atoms with Crippen LogP contribution in [0.3, 0.4) is 0 Å². The minimum absolute atomic E-state index is 0. The fourth-order valence-corrected chi connectivity index (χ4v) is 0.700. The van der Waals surface area contributed by atoms with Crippen LogP contribution in [0.2, 0.25) is 5.02 Å². The summed E-state index contributed by atoms with van der Waals surface area (Å²) in [6, 6.07) is 5.15. The van der Waals surface area contributed by atoms with Crippen molar-refractivity contribution in [2.45, 2.75) is 6.18 Å². The van der Waals surface area contributed by atoms with Crippen molar-refractivity contribution in [1.82, 2.24) is 0 Å². The van der Waals surface area contributed by atoms with Crippen molar-refractivity contribution in [3.63, 3.8) is 0 Å². The van der Waals surface area contributed by atoms with Gasteiger partial charge < -0.3 is 17.0 Å². The Hall–Kier alpha value is 0.299. The molecule has 6 heteroatoms. The van der Waals surface area contributed by atoms with Gasteiger partial charge in [0.05, 0.1) is 0 Å². The molecule has 0 aliphatic heterocycles. The topological polar surface area (TPSA) is 0 Å². The minimum Gasteiger partial charge on any atom is -1.00 e. The number of benzene rings is 1. The van der Waals surface area contributed by atoms with Gasteiger partial charge in [0.25, 0.3) is 0 Å². The molecule has 1 aromatic carbocycles. The van der Waals surface area contributed by atoms with Crippen LogP contribution < -0.4 is 17.0 Å². The van der Waals surface area contributed by atoms with E-state index >= 15 is 0 Å². The normalized spacial score (nSPS) is 9.85. The van der Waals surface area contributed by atoms with Gasteiger partial charge in [0.1, 0.15) is 0 Å². The van der Waals surface area contributed by atoms with Crippen molar-refractivity contribution >= 4 is 11.6 Å². The molecule has 0 N–H and O–H groups in total. The summed E-state index contributed by atoms with van der Waals surface area (Å²) >= 11 is 5.34. The second-order valence-corrected chi connectivity index (χ2v) is 2.33. The van der Waals surface area contributed by atoms with Crippen molar-refractivity contribution < 1.29 is 47.2 Å². The van der Waals surface area contributed by atoms with E-state index in [0.717, 1.165) is 18.2 Å². The molecule has 0 nitrogen and oxygen atoms in total. The number of hydrogen-bond donors (Lipinski definition) is 0. The van der Waals surface area contributed by atoms with E-state index in [1.54, 1.807) is 0 Å². The first-order chi connectivity index (χ1) is 5.00. The third kappa shape index (κ3) is 4.91. The summed E-state index contributed by atoms with van der Waals surface area (Å²) in [6.45, 7) is 0. The van der Waals surface area contributed by atoms with Crippen molar-refractivity contribution in [2.75, 3.05) is 0 Å². The van der Waals surface area contributed by atoms with Crippen LogP contribution in [0.4, 0.5) is 13.2 Å². The fourth-order valence-electron chi connectivity index (χ4n) is 0.582. The number of hydrogen-bond acceptors (Lipinski definition) is 0. The zero-order valence-electron chi connectivity index (χ0n) is 6.00. The van der Waals surface area contributed by atoms with Crippen LogP contribution in [0.1, 0.15) is 5.56 Å². The van der Waals surface area contributed by atoms with Crippen LogP contribution in [0.15, 0.2) is 18.2 Å². The Morgan fingerprint density at radius 1 is 1.23 bits per heavy atom. The Morgan fingerprint density at radius 2 is 1.77 bits per heavy atom. The van der Waals surface area contributed by atoms with E-state index in [1.165, 1.54) is 0 Å². The molecule has 0 aliphatic rings. The summed E-state index contributed by atoms with van der Waals surface area (Å²) in [4.78, 5) is 0. The molecule has 0 aromatic heterocycles. The summed E-state index contributed by atoms with van der Waals surface area (Å²) in [5.41, 5.74) is -0.734. The number of rotatable bonds is 0. The van der Waals surface area contributed by atoms with E-state index in [2.05, 4.69) is 6.07 Å². The molecule has 0 bridgehead atoms. The molecule has 1 radical (unpaired) electrons. The molecule has 1 rings (SSSR count). The maximum atomic E-state index is 11.9. The van der Waals surface area contributed by atoms with Gasteiger partial charge in [-0.1, -0.05) is 10.6 Å². The molecule has 0 spiro atoms. The van der Waals surface area contributed by atoms with E-state index in [4.69, 9.17) is 11.6 Å². The van der Waals surface area contributed by atoms with Gasteiger partial charge in [-0.2, -0.15) is 37.4 Å². The Bertz CT molecular complexity index is 247. The quantitative estimate of drug-likeness (QED) is 0.473. The van der Waals surface area contributed by atoms with Crippen molar-refractivity contribution in [2.24, 2.45) is 0 Å². The standard InChI is InChI=1S/C7H3ClF3.BrH.Mn/c8-6-3-1-5(2-4-6)7(9,10)11;;/h1-3H;1H;/q-1;;+2/p-1. The van der Waals surface area contributed by atoms with Gasteiger partial charge in [0.2, 0.25) is 0 Å². The zero-order chi connectivity index (χ0) is 8.48. The van der Waals surface area contributed by atoms with Crippen molar-refractivity contribution in [1.29, 1.82) is 0 Å². The van der Waals surface area contributed by atoms with Gasteiger partial charge in [-0.3, -0.25) is 0 Å². The first kappa shape index (κ1) is 15.8. The Balaban J connectivity index is 0. The number of alkyl halides is 3. The van der Waals surface area contributed by atoms with Crippen LogP contribution in [-0.2, 0) is 23.2 Å². The van der Waals surface area contributed by atoms with E-state index in [1.807, 2.05) is 0 Å². The Kier molecular flexibility index (Phi) is 7.16. The van der Waals surface area contributed by atoms with Gasteiger partial charge in [-0.05, 0) is 0 Å². The van der Waals surface area contributed by atoms with Crippen molar-refractivity contribution in [3.8, 4) is 0 Å². The maximum absolute atomic E-state index is 11.9. The molecule has 0 unspecified atom stereocenters. The predicted molar refractivity (Wildman–Crippen MR) is 35.3 cm³/mol. The molecule has 0 saturated carbocycles. The fraction of sp³-hybridized carbons (Fsp3) is 0.143. The van der Waals surface area contributed by atoms with Crippen LogP contribution >= 0.6 is 11.6 Å². The summed E-state index contributed by atoms with van der Waals surface area (Å²) in [7, 11) is 0. The molecular formula is C7H3BrClF3Mn. The Morgan fingerprint density at radius 3 is 2.08 bits per heavy atom. The van der Waals surface area contributed by atoms with E-state index in [-0.39, 0.29) is 39.1 Å². The van der Waals surface area contributed by atoms with Gasteiger partial charge >= 0.3 is 23.2 Å². The SMILES string of the molecule is FC(F)(F)c1c[c-]c(Cl)cc1.[Br-].[Mn+2]. The largest absolute Gasteiger partial charge is 2.00 e. The van der Waals surface area contributed by atoms with Gasteiger partial charge in [-0.15, -0.1) is 11.6 Å². The molecule has 0 amide bonds. The third-order valence-electron chi connectivity index (χ3n) is 1.10. The summed E-state index contributed by atoms with van der Waals surface area (Å²) in [6.07, 6.45) is -4.30. The Labute approximate surface area is 99.7 Å². The van der Waals surface area contributed by atoms with Gasteiger partial charge in [0, 0.05) is 0 Å².